The number of hydrogen-bond donors (Lipinski definition) is 0. The lowest BCUT2D eigenvalue weighted by Gasteiger charge is -2.18. The van der Waals surface area contributed by atoms with Crippen LogP contribution in [0.2, 0.25) is 0 Å². The Balaban J connectivity index is 2.59. The summed E-state index contributed by atoms with van der Waals surface area (Å²) in [5.74, 6) is -1.20. The van der Waals surface area contributed by atoms with Gasteiger partial charge in [-0.15, -0.1) is 26.3 Å². The van der Waals surface area contributed by atoms with Crippen molar-refractivity contribution >= 4 is 0 Å². The Morgan fingerprint density at radius 2 is 0.958 bits per heavy atom. The van der Waals surface area contributed by atoms with Gasteiger partial charge in [-0.05, 0) is 37.1 Å². The van der Waals surface area contributed by atoms with Gasteiger partial charge in [0.05, 0.1) is 0 Å². The van der Waals surface area contributed by atoms with Crippen LogP contribution in [0.1, 0.15) is 11.1 Å². The molecular weight excluding hydrogens is 338 g/mol. The minimum atomic E-state index is -4.97. The first kappa shape index (κ1) is 18.0. The fraction of sp³-hybridized carbons (Fsp3) is 0.250. The Labute approximate surface area is 133 Å². The van der Waals surface area contributed by atoms with Crippen molar-refractivity contribution < 1.29 is 35.8 Å². The Morgan fingerprint density at radius 1 is 0.625 bits per heavy atom. The van der Waals surface area contributed by atoms with Gasteiger partial charge >= 0.3 is 12.7 Å². The van der Waals surface area contributed by atoms with E-state index in [0.29, 0.717) is 11.1 Å². The van der Waals surface area contributed by atoms with E-state index in [1.807, 2.05) is 0 Å². The maximum absolute atomic E-state index is 12.6. The summed E-state index contributed by atoms with van der Waals surface area (Å²) in [4.78, 5) is 0. The molecule has 0 bridgehead atoms. The van der Waals surface area contributed by atoms with Crippen LogP contribution in [0.3, 0.4) is 0 Å². The summed E-state index contributed by atoms with van der Waals surface area (Å²) in [7, 11) is 0. The van der Waals surface area contributed by atoms with Gasteiger partial charge < -0.3 is 9.47 Å². The molecule has 2 aromatic rings. The molecule has 0 unspecified atom stereocenters. The fourth-order valence-electron chi connectivity index (χ4n) is 2.12. The Morgan fingerprint density at radius 3 is 1.25 bits per heavy atom. The number of halogens is 6. The molecule has 0 aliphatic heterocycles. The maximum atomic E-state index is 12.6. The number of benzene rings is 2. The first-order valence-electron chi connectivity index (χ1n) is 6.68. The smallest absolute Gasteiger partial charge is 0.405 e. The van der Waals surface area contributed by atoms with E-state index in [1.165, 1.54) is 38.1 Å². The van der Waals surface area contributed by atoms with Crippen LogP contribution in [-0.4, -0.2) is 12.7 Å². The van der Waals surface area contributed by atoms with E-state index in [9.17, 15) is 26.3 Å². The first-order chi connectivity index (χ1) is 10.9. The van der Waals surface area contributed by atoms with E-state index >= 15 is 0 Å². The lowest BCUT2D eigenvalue weighted by Crippen LogP contribution is -2.19. The number of hydrogen-bond acceptors (Lipinski definition) is 2. The molecule has 0 aromatic heterocycles. The zero-order valence-electron chi connectivity index (χ0n) is 12.5. The molecule has 0 saturated heterocycles. The molecule has 0 amide bonds. The highest BCUT2D eigenvalue weighted by Crippen LogP contribution is 2.41. The molecule has 24 heavy (non-hydrogen) atoms. The largest absolute Gasteiger partial charge is 0.573 e. The summed E-state index contributed by atoms with van der Waals surface area (Å²) in [5, 5.41) is 0. The summed E-state index contributed by atoms with van der Waals surface area (Å²) in [6, 6.07) is 7.64. The molecule has 2 aromatic carbocycles. The predicted octanol–water partition coefficient (Wildman–Crippen LogP) is 5.77. The van der Waals surface area contributed by atoms with Crippen molar-refractivity contribution in [3.8, 4) is 22.6 Å². The van der Waals surface area contributed by atoms with Crippen LogP contribution in [0.4, 0.5) is 26.3 Å². The molecule has 0 heterocycles. The van der Waals surface area contributed by atoms with Gasteiger partial charge in [0, 0.05) is 11.1 Å². The third kappa shape index (κ3) is 4.81. The summed E-state index contributed by atoms with van der Waals surface area (Å²) in [5.41, 5.74) is 0.612. The second kappa shape index (κ2) is 6.26. The van der Waals surface area contributed by atoms with Crippen molar-refractivity contribution in [1.82, 2.24) is 0 Å². The van der Waals surface area contributed by atoms with Gasteiger partial charge in [0.25, 0.3) is 0 Å². The van der Waals surface area contributed by atoms with Crippen molar-refractivity contribution in [3.63, 3.8) is 0 Å². The van der Waals surface area contributed by atoms with Crippen LogP contribution in [0, 0.1) is 13.8 Å². The van der Waals surface area contributed by atoms with Crippen molar-refractivity contribution in [2.45, 2.75) is 26.6 Å². The van der Waals surface area contributed by atoms with E-state index in [4.69, 9.17) is 0 Å². The second-order valence-electron chi connectivity index (χ2n) is 5.09. The molecule has 0 spiro atoms. The summed E-state index contributed by atoms with van der Waals surface area (Å²) >= 11 is 0. The number of ether oxygens (including phenoxy) is 2. The van der Waals surface area contributed by atoms with Crippen molar-refractivity contribution in [2.75, 3.05) is 0 Å². The van der Waals surface area contributed by atoms with Crippen LogP contribution < -0.4 is 9.47 Å². The molecule has 8 heteroatoms. The Kier molecular flexibility index (Phi) is 4.68. The van der Waals surface area contributed by atoms with Crippen molar-refractivity contribution in [3.05, 3.63) is 47.5 Å². The van der Waals surface area contributed by atoms with E-state index in [2.05, 4.69) is 9.47 Å². The third-order valence-corrected chi connectivity index (χ3v) is 3.02. The standard InChI is InChI=1S/C16H12F6O2/c1-9-3-5-11(13(7-9)23-15(17,18)19)12-6-4-10(2)8-14(12)24-16(20,21)22/h3-8H,1-2H3. The molecule has 0 N–H and O–H groups in total. The van der Waals surface area contributed by atoms with Crippen molar-refractivity contribution in [2.24, 2.45) is 0 Å². The van der Waals surface area contributed by atoms with E-state index in [-0.39, 0.29) is 11.1 Å². The van der Waals surface area contributed by atoms with E-state index in [0.717, 1.165) is 12.1 Å². The average molecular weight is 350 g/mol. The molecule has 0 radical (unpaired) electrons. The number of rotatable bonds is 3. The molecular formula is C16H12F6O2. The van der Waals surface area contributed by atoms with Gasteiger partial charge in [-0.3, -0.25) is 0 Å². The molecule has 130 valence electrons. The molecule has 2 rings (SSSR count). The van der Waals surface area contributed by atoms with E-state index < -0.39 is 24.2 Å². The normalized spacial score (nSPS) is 12.2. The van der Waals surface area contributed by atoms with Gasteiger partial charge in [0.2, 0.25) is 0 Å². The molecule has 2 nitrogen and oxygen atoms in total. The zero-order chi connectivity index (χ0) is 18.1. The highest BCUT2D eigenvalue weighted by molar-refractivity contribution is 5.76. The van der Waals surface area contributed by atoms with E-state index in [1.54, 1.807) is 0 Å². The third-order valence-electron chi connectivity index (χ3n) is 3.02. The SMILES string of the molecule is Cc1ccc(-c2ccc(C)cc2OC(F)(F)F)c(OC(F)(F)F)c1. The van der Waals surface area contributed by atoms with Gasteiger partial charge in [-0.1, -0.05) is 24.3 Å². The average Bonchev–Trinajstić information content (AvgIpc) is 2.36. The van der Waals surface area contributed by atoms with Gasteiger partial charge in [0.15, 0.2) is 0 Å². The fourth-order valence-corrected chi connectivity index (χ4v) is 2.12. The summed E-state index contributed by atoms with van der Waals surface area (Å²) in [6.07, 6.45) is -9.95. The second-order valence-corrected chi connectivity index (χ2v) is 5.09. The quantitative estimate of drug-likeness (QED) is 0.655. The van der Waals surface area contributed by atoms with Crippen LogP contribution in [0.5, 0.6) is 11.5 Å². The highest BCUT2D eigenvalue weighted by atomic mass is 19.4. The molecule has 0 aliphatic carbocycles. The van der Waals surface area contributed by atoms with Gasteiger partial charge in [0.1, 0.15) is 11.5 Å². The predicted molar refractivity (Wildman–Crippen MR) is 74.7 cm³/mol. The lowest BCUT2D eigenvalue weighted by molar-refractivity contribution is -0.276. The minimum Gasteiger partial charge on any atom is -0.405 e. The van der Waals surface area contributed by atoms with Crippen molar-refractivity contribution in [1.29, 1.82) is 0 Å². The lowest BCUT2D eigenvalue weighted by atomic mass is 10.0. The summed E-state index contributed by atoms with van der Waals surface area (Å²) < 4.78 is 83.3. The van der Waals surface area contributed by atoms with Gasteiger partial charge in [-0.25, -0.2) is 0 Å². The first-order valence-corrected chi connectivity index (χ1v) is 6.68. The zero-order valence-corrected chi connectivity index (χ0v) is 12.5. The van der Waals surface area contributed by atoms with Crippen LogP contribution in [0.25, 0.3) is 11.1 Å². The maximum Gasteiger partial charge on any atom is 0.573 e. The van der Waals surface area contributed by atoms with Crippen LogP contribution in [-0.2, 0) is 0 Å². The topological polar surface area (TPSA) is 18.5 Å². The van der Waals surface area contributed by atoms with Crippen LogP contribution in [0.15, 0.2) is 36.4 Å². The Hall–Kier alpha value is -2.38. The number of alkyl halides is 6. The Bertz CT molecular complexity index is 671. The molecule has 0 atom stereocenters. The molecule has 0 saturated carbocycles. The molecule has 0 aliphatic rings. The highest BCUT2D eigenvalue weighted by Gasteiger charge is 2.34. The number of aryl methyl sites for hydroxylation is 2. The minimum absolute atomic E-state index is 0.155. The molecule has 0 fully saturated rings. The monoisotopic (exact) mass is 350 g/mol. The van der Waals surface area contributed by atoms with Gasteiger partial charge in [-0.2, -0.15) is 0 Å². The van der Waals surface area contributed by atoms with Crippen LogP contribution >= 0.6 is 0 Å². The summed E-state index contributed by atoms with van der Waals surface area (Å²) in [6.45, 7) is 3.07.